The van der Waals surface area contributed by atoms with E-state index in [4.69, 9.17) is 9.47 Å². The smallest absolute Gasteiger partial charge is 0.149 e. The molecular weight excluding hydrogens is 311 g/mol. The van der Waals surface area contributed by atoms with Gasteiger partial charge < -0.3 is 20.9 Å². The minimum Gasteiger partial charge on any atom is -0.487 e. The molecule has 2 aromatic rings. The Kier molecular flexibility index (Phi) is 6.38. The number of thiazole rings is 1. The third kappa shape index (κ3) is 3.63. The van der Waals surface area contributed by atoms with E-state index in [1.54, 1.807) is 0 Å². The molecule has 0 saturated heterocycles. The van der Waals surface area contributed by atoms with Crippen molar-refractivity contribution in [3.8, 4) is 11.5 Å². The molecule has 1 aromatic carbocycles. The zero-order chi connectivity index (χ0) is 11.4. The van der Waals surface area contributed by atoms with Crippen molar-refractivity contribution >= 4 is 21.6 Å². The summed E-state index contributed by atoms with van der Waals surface area (Å²) in [6.07, 6.45) is 2.00. The van der Waals surface area contributed by atoms with Crippen LogP contribution >= 0.6 is 11.3 Å². The van der Waals surface area contributed by atoms with E-state index in [1.165, 1.54) is 11.3 Å². The third-order valence-corrected chi connectivity index (χ3v) is 2.67. The van der Waals surface area contributed by atoms with Crippen LogP contribution in [-0.4, -0.2) is 18.2 Å². The number of aromatic nitrogens is 1. The van der Waals surface area contributed by atoms with Gasteiger partial charge in [-0.25, -0.2) is 0 Å². The predicted molar refractivity (Wildman–Crippen MR) is 65.1 cm³/mol. The number of nitrogens with zero attached hydrogens (tertiary/aromatic N) is 1. The van der Waals surface area contributed by atoms with Crippen LogP contribution in [0.3, 0.4) is 0 Å². The Bertz CT molecular complexity index is 432. The molecule has 2 heterocycles. The van der Waals surface area contributed by atoms with E-state index in [2.05, 4.69) is 10.5 Å². The quantitative estimate of drug-likeness (QED) is 0.698. The van der Waals surface area contributed by atoms with Crippen molar-refractivity contribution in [3.05, 3.63) is 24.1 Å². The van der Waals surface area contributed by atoms with Crippen LogP contribution in [0, 0.1) is 11.9 Å². The molecule has 1 aliphatic heterocycles. The zero-order valence-electron chi connectivity index (χ0n) is 9.90. The van der Waals surface area contributed by atoms with Crippen molar-refractivity contribution in [2.75, 3.05) is 13.2 Å². The van der Waals surface area contributed by atoms with Gasteiger partial charge in [0, 0.05) is 32.7 Å². The fourth-order valence-electron chi connectivity index (χ4n) is 1.35. The van der Waals surface area contributed by atoms with Gasteiger partial charge in [0.25, 0.3) is 0 Å². The molecule has 5 heteroatoms. The molecule has 0 fully saturated rings. The maximum Gasteiger partial charge on any atom is 0.149 e. The maximum absolute atomic E-state index is 5.44. The van der Waals surface area contributed by atoms with E-state index in [0.29, 0.717) is 13.2 Å². The molecule has 0 saturated carbocycles. The number of ether oxygens (including phenoxy) is 2. The molecule has 0 aliphatic carbocycles. The Morgan fingerprint density at radius 2 is 1.82 bits per heavy atom. The van der Waals surface area contributed by atoms with Gasteiger partial charge in [-0.3, -0.25) is 11.3 Å². The molecule has 0 spiro atoms. The second-order valence-electron chi connectivity index (χ2n) is 3.35. The number of hydrogen-bond acceptors (Lipinski definition) is 4. The van der Waals surface area contributed by atoms with Gasteiger partial charge in [0.1, 0.15) is 24.7 Å². The molecule has 0 atom stereocenters. The monoisotopic (exact) mass is 324 g/mol. The Labute approximate surface area is 130 Å². The average Bonchev–Trinajstić information content (AvgIpc) is 2.74. The van der Waals surface area contributed by atoms with Crippen molar-refractivity contribution < 1.29 is 42.2 Å². The Hall–Kier alpha value is -0.186. The molecule has 1 aliphatic rings. The summed E-state index contributed by atoms with van der Waals surface area (Å²) in [7, 11) is 0. The molecule has 3 nitrogen and oxygen atoms in total. The van der Waals surface area contributed by atoms with Crippen LogP contribution in [0.4, 0.5) is 0 Å². The molecular formula is C12H13NO2SY-2. The van der Waals surface area contributed by atoms with Crippen LogP contribution < -0.4 is 9.47 Å². The van der Waals surface area contributed by atoms with Crippen LogP contribution in [-0.2, 0) is 32.7 Å². The predicted octanol–water partition coefficient (Wildman–Crippen LogP) is 3.10. The standard InChI is InChI=1S/C9H6NO2S.C3H7.Y/c1-2-12-8-4-9-6(10-5-13-9)3-7(8)11-1;1-3-2;/h3-4H,1-2H2;3H,1-2H3;/q2*-1;. The summed E-state index contributed by atoms with van der Waals surface area (Å²) < 4.78 is 12.0. The summed E-state index contributed by atoms with van der Waals surface area (Å²) >= 11 is 1.49. The van der Waals surface area contributed by atoms with Gasteiger partial charge in [-0.1, -0.05) is 22.3 Å². The number of hydrogen-bond donors (Lipinski definition) is 0. The largest absolute Gasteiger partial charge is 0.487 e. The minimum atomic E-state index is 0. The fraction of sp³-hybridized carbons (Fsp3) is 0.333. The van der Waals surface area contributed by atoms with Crippen LogP contribution in [0.15, 0.2) is 12.1 Å². The van der Waals surface area contributed by atoms with Crippen molar-refractivity contribution in [1.82, 2.24) is 4.98 Å². The molecule has 1 aromatic heterocycles. The average molecular weight is 324 g/mol. The fourth-order valence-corrected chi connectivity index (χ4v) is 1.97. The van der Waals surface area contributed by atoms with Gasteiger partial charge in [-0.05, 0) is 5.51 Å². The van der Waals surface area contributed by atoms with E-state index in [9.17, 15) is 0 Å². The van der Waals surface area contributed by atoms with Gasteiger partial charge in [0.15, 0.2) is 0 Å². The first-order chi connectivity index (χ1) is 7.85. The van der Waals surface area contributed by atoms with Crippen molar-refractivity contribution in [3.63, 3.8) is 0 Å². The van der Waals surface area contributed by atoms with E-state index in [-0.39, 0.29) is 32.7 Å². The second-order valence-corrected chi connectivity index (χ2v) is 4.17. The van der Waals surface area contributed by atoms with Gasteiger partial charge in [-0.15, -0.1) is 0 Å². The van der Waals surface area contributed by atoms with Crippen molar-refractivity contribution in [2.45, 2.75) is 13.8 Å². The maximum atomic E-state index is 5.44. The normalized spacial score (nSPS) is 12.4. The summed E-state index contributed by atoms with van der Waals surface area (Å²) in [5, 5.41) is 0. The first kappa shape index (κ1) is 14.9. The SMILES string of the molecule is C[CH-]C.[Y].[c-]1nc2cc3c(cc2s1)OCCO3. The van der Waals surface area contributed by atoms with Crippen LogP contribution in [0.2, 0.25) is 0 Å². The molecule has 0 N–H and O–H groups in total. The summed E-state index contributed by atoms with van der Waals surface area (Å²) in [5.74, 6) is 1.61. The molecule has 89 valence electrons. The van der Waals surface area contributed by atoms with Crippen molar-refractivity contribution in [1.29, 1.82) is 0 Å². The summed E-state index contributed by atoms with van der Waals surface area (Å²) in [6, 6.07) is 3.86. The summed E-state index contributed by atoms with van der Waals surface area (Å²) in [5.41, 5.74) is 3.77. The molecule has 17 heavy (non-hydrogen) atoms. The number of benzene rings is 1. The molecule has 3 rings (SSSR count). The zero-order valence-corrected chi connectivity index (χ0v) is 13.6. The van der Waals surface area contributed by atoms with E-state index in [0.717, 1.165) is 21.7 Å². The molecule has 0 amide bonds. The Balaban J connectivity index is 0.000000331. The van der Waals surface area contributed by atoms with Crippen molar-refractivity contribution in [2.24, 2.45) is 0 Å². The number of fused-ring (bicyclic) bond motifs is 2. The first-order valence-electron chi connectivity index (χ1n) is 5.15. The van der Waals surface area contributed by atoms with Gasteiger partial charge >= 0.3 is 0 Å². The second kappa shape index (κ2) is 7.29. The molecule has 0 bridgehead atoms. The minimum absolute atomic E-state index is 0. The first-order valence-corrected chi connectivity index (χ1v) is 5.97. The van der Waals surface area contributed by atoms with E-state index < -0.39 is 0 Å². The number of rotatable bonds is 0. The Morgan fingerprint density at radius 3 is 2.47 bits per heavy atom. The summed E-state index contributed by atoms with van der Waals surface area (Å²) in [6.45, 7) is 5.24. The van der Waals surface area contributed by atoms with E-state index in [1.807, 2.05) is 32.4 Å². The Morgan fingerprint density at radius 1 is 1.24 bits per heavy atom. The third-order valence-electron chi connectivity index (χ3n) is 1.95. The van der Waals surface area contributed by atoms with Crippen LogP contribution in [0.1, 0.15) is 13.8 Å². The van der Waals surface area contributed by atoms with Crippen LogP contribution in [0.25, 0.3) is 10.2 Å². The topological polar surface area (TPSA) is 31.4 Å². The van der Waals surface area contributed by atoms with Gasteiger partial charge in [-0.2, -0.15) is 13.8 Å². The molecule has 1 radical (unpaired) electrons. The molecule has 0 unspecified atom stereocenters. The van der Waals surface area contributed by atoms with E-state index >= 15 is 0 Å². The summed E-state index contributed by atoms with van der Waals surface area (Å²) in [4.78, 5) is 4.08. The van der Waals surface area contributed by atoms with Gasteiger partial charge in [0.05, 0.1) is 0 Å². The van der Waals surface area contributed by atoms with Gasteiger partial charge in [0.2, 0.25) is 0 Å². The van der Waals surface area contributed by atoms with Crippen LogP contribution in [0.5, 0.6) is 11.5 Å².